The quantitative estimate of drug-likeness (QED) is 0.789. The zero-order chi connectivity index (χ0) is 12.5. The highest BCUT2D eigenvalue weighted by atomic mass is 16.2. The Labute approximate surface area is 101 Å². The van der Waals surface area contributed by atoms with Gasteiger partial charge in [-0.3, -0.25) is 4.79 Å². The van der Waals surface area contributed by atoms with E-state index < -0.39 is 0 Å². The predicted molar refractivity (Wildman–Crippen MR) is 65.6 cm³/mol. The van der Waals surface area contributed by atoms with Gasteiger partial charge in [-0.25, -0.2) is 0 Å². The summed E-state index contributed by atoms with van der Waals surface area (Å²) in [5.41, 5.74) is 1.39. The average molecular weight is 229 g/mol. The summed E-state index contributed by atoms with van der Waals surface area (Å²) < 4.78 is 0. The van der Waals surface area contributed by atoms with Crippen molar-refractivity contribution in [1.82, 2.24) is 5.32 Å². The highest BCUT2D eigenvalue weighted by Gasteiger charge is 2.30. The van der Waals surface area contributed by atoms with E-state index in [1.54, 1.807) is 12.1 Å². The molecule has 1 fully saturated rings. The maximum atomic E-state index is 11.6. The topological polar surface area (TPSA) is 56.1 Å². The number of nitriles is 1. The minimum atomic E-state index is -0.219. The minimum Gasteiger partial charge on any atom is -0.360 e. The van der Waals surface area contributed by atoms with Gasteiger partial charge in [-0.05, 0) is 38.1 Å². The smallest absolute Gasteiger partial charge is 0.239 e. The maximum Gasteiger partial charge on any atom is 0.239 e. The fourth-order valence-corrected chi connectivity index (χ4v) is 2.09. The van der Waals surface area contributed by atoms with Crippen molar-refractivity contribution in [3.8, 4) is 6.07 Å². The van der Waals surface area contributed by atoms with Gasteiger partial charge in [0.2, 0.25) is 5.91 Å². The van der Waals surface area contributed by atoms with Crippen LogP contribution in [0.1, 0.15) is 19.4 Å². The van der Waals surface area contributed by atoms with Gasteiger partial charge in [0.05, 0.1) is 23.7 Å². The highest BCUT2D eigenvalue weighted by molar-refractivity contribution is 5.83. The van der Waals surface area contributed by atoms with Crippen LogP contribution in [-0.2, 0) is 4.79 Å². The number of piperazine rings is 1. The van der Waals surface area contributed by atoms with Crippen LogP contribution in [0, 0.1) is 11.3 Å². The fraction of sp³-hybridized carbons (Fsp3) is 0.385. The molecule has 88 valence electrons. The molecule has 1 aromatic rings. The normalized spacial score (nSPS) is 18.4. The fourth-order valence-electron chi connectivity index (χ4n) is 2.09. The molecule has 1 aliphatic rings. The first kappa shape index (κ1) is 11.5. The molecular weight excluding hydrogens is 214 g/mol. The second kappa shape index (κ2) is 4.10. The lowest BCUT2D eigenvalue weighted by atomic mass is 10.0. The maximum absolute atomic E-state index is 11.6. The van der Waals surface area contributed by atoms with Crippen molar-refractivity contribution in [2.45, 2.75) is 19.4 Å². The molecule has 0 atom stereocenters. The van der Waals surface area contributed by atoms with Gasteiger partial charge < -0.3 is 10.2 Å². The molecular formula is C13H15N3O. The Kier molecular flexibility index (Phi) is 2.76. The Balaban J connectivity index is 2.21. The Hall–Kier alpha value is -2.02. The zero-order valence-corrected chi connectivity index (χ0v) is 10.0. The van der Waals surface area contributed by atoms with E-state index in [0.29, 0.717) is 12.1 Å². The number of carbonyl (C=O) groups is 1. The van der Waals surface area contributed by atoms with Crippen molar-refractivity contribution >= 4 is 11.6 Å². The van der Waals surface area contributed by atoms with Crippen molar-refractivity contribution in [3.05, 3.63) is 29.8 Å². The van der Waals surface area contributed by atoms with Gasteiger partial charge in [-0.1, -0.05) is 0 Å². The van der Waals surface area contributed by atoms with Crippen LogP contribution in [0.2, 0.25) is 0 Å². The molecule has 0 unspecified atom stereocenters. The van der Waals surface area contributed by atoms with Gasteiger partial charge in [0.25, 0.3) is 0 Å². The van der Waals surface area contributed by atoms with E-state index in [9.17, 15) is 4.79 Å². The molecule has 1 N–H and O–H groups in total. The van der Waals surface area contributed by atoms with Crippen molar-refractivity contribution in [2.24, 2.45) is 0 Å². The van der Waals surface area contributed by atoms with E-state index in [0.717, 1.165) is 12.2 Å². The lowest BCUT2D eigenvalue weighted by molar-refractivity contribution is -0.122. The summed E-state index contributed by atoms with van der Waals surface area (Å²) >= 11 is 0. The molecule has 0 bridgehead atoms. The summed E-state index contributed by atoms with van der Waals surface area (Å²) in [6, 6.07) is 9.39. The van der Waals surface area contributed by atoms with Crippen molar-refractivity contribution in [1.29, 1.82) is 5.26 Å². The molecule has 17 heavy (non-hydrogen) atoms. The molecule has 4 heteroatoms. The molecule has 0 spiro atoms. The Morgan fingerprint density at radius 3 is 2.53 bits per heavy atom. The molecule has 1 aromatic carbocycles. The monoisotopic (exact) mass is 229 g/mol. The van der Waals surface area contributed by atoms with Crippen LogP contribution < -0.4 is 10.2 Å². The van der Waals surface area contributed by atoms with Gasteiger partial charge in [-0.15, -0.1) is 0 Å². The first-order valence-electron chi connectivity index (χ1n) is 5.56. The van der Waals surface area contributed by atoms with Crippen LogP contribution in [0.3, 0.4) is 0 Å². The number of anilines is 1. The molecule has 4 nitrogen and oxygen atoms in total. The van der Waals surface area contributed by atoms with E-state index >= 15 is 0 Å². The van der Waals surface area contributed by atoms with Crippen LogP contribution in [-0.4, -0.2) is 24.5 Å². The number of hydrogen-bond donors (Lipinski definition) is 1. The van der Waals surface area contributed by atoms with Crippen LogP contribution in [0.25, 0.3) is 0 Å². The van der Waals surface area contributed by atoms with E-state index in [-0.39, 0.29) is 11.4 Å². The van der Waals surface area contributed by atoms with Gasteiger partial charge in [0.1, 0.15) is 0 Å². The van der Waals surface area contributed by atoms with Gasteiger partial charge in [0.15, 0.2) is 0 Å². The van der Waals surface area contributed by atoms with Crippen LogP contribution in [0.5, 0.6) is 0 Å². The van der Waals surface area contributed by atoms with Gasteiger partial charge >= 0.3 is 0 Å². The Morgan fingerprint density at radius 2 is 2.00 bits per heavy atom. The number of rotatable bonds is 1. The molecule has 1 heterocycles. The molecule has 1 saturated heterocycles. The van der Waals surface area contributed by atoms with E-state index in [2.05, 4.69) is 11.4 Å². The molecule has 0 aliphatic carbocycles. The predicted octanol–water partition coefficient (Wildman–Crippen LogP) is 1.27. The zero-order valence-electron chi connectivity index (χ0n) is 10.0. The summed E-state index contributed by atoms with van der Waals surface area (Å²) in [6.45, 7) is 5.14. The molecule has 0 radical (unpaired) electrons. The third-order valence-electron chi connectivity index (χ3n) is 2.76. The molecule has 0 aromatic heterocycles. The number of carbonyl (C=O) groups excluding carboxylic acids is 1. The number of benzene rings is 1. The summed E-state index contributed by atoms with van der Waals surface area (Å²) in [7, 11) is 0. The number of amides is 1. The second-order valence-electron chi connectivity index (χ2n) is 4.95. The lowest BCUT2D eigenvalue weighted by Crippen LogP contribution is -2.60. The minimum absolute atomic E-state index is 0.0330. The third kappa shape index (κ3) is 2.56. The number of nitrogens with zero attached hydrogens (tertiary/aromatic N) is 2. The first-order valence-corrected chi connectivity index (χ1v) is 5.56. The molecule has 1 aliphatic heterocycles. The van der Waals surface area contributed by atoms with Crippen molar-refractivity contribution in [3.63, 3.8) is 0 Å². The number of hydrogen-bond acceptors (Lipinski definition) is 3. The SMILES string of the molecule is CC1(C)CN(c2ccc(C#N)cc2)CC(=O)N1. The standard InChI is InChI=1S/C13H15N3O/c1-13(2)9-16(8-12(17)15-13)11-5-3-10(7-14)4-6-11/h3-6H,8-9H2,1-2H3,(H,15,17). The molecule has 2 rings (SSSR count). The highest BCUT2D eigenvalue weighted by Crippen LogP contribution is 2.20. The van der Waals surface area contributed by atoms with Crippen LogP contribution in [0.15, 0.2) is 24.3 Å². The van der Waals surface area contributed by atoms with E-state index in [4.69, 9.17) is 5.26 Å². The summed E-state index contributed by atoms with van der Waals surface area (Å²) in [4.78, 5) is 13.6. The van der Waals surface area contributed by atoms with E-state index in [1.165, 1.54) is 0 Å². The second-order valence-corrected chi connectivity index (χ2v) is 4.95. The summed E-state index contributed by atoms with van der Waals surface area (Å²) in [6.07, 6.45) is 0. The largest absolute Gasteiger partial charge is 0.360 e. The number of nitrogens with one attached hydrogen (secondary N) is 1. The Bertz CT molecular complexity index is 470. The van der Waals surface area contributed by atoms with Crippen LogP contribution in [0.4, 0.5) is 5.69 Å². The molecule has 1 amide bonds. The van der Waals surface area contributed by atoms with Crippen molar-refractivity contribution < 1.29 is 4.79 Å². The summed E-state index contributed by atoms with van der Waals surface area (Å²) in [5.74, 6) is 0.0330. The van der Waals surface area contributed by atoms with Gasteiger partial charge in [0, 0.05) is 12.2 Å². The lowest BCUT2D eigenvalue weighted by Gasteiger charge is -2.39. The average Bonchev–Trinajstić information content (AvgIpc) is 2.26. The summed E-state index contributed by atoms with van der Waals surface area (Å²) in [5, 5.41) is 11.7. The first-order chi connectivity index (χ1) is 8.00. The van der Waals surface area contributed by atoms with Gasteiger partial charge in [-0.2, -0.15) is 5.26 Å². The van der Waals surface area contributed by atoms with E-state index in [1.807, 2.05) is 30.9 Å². The Morgan fingerprint density at radius 1 is 1.35 bits per heavy atom. The third-order valence-corrected chi connectivity index (χ3v) is 2.76. The van der Waals surface area contributed by atoms with Crippen LogP contribution >= 0.6 is 0 Å². The molecule has 0 saturated carbocycles. The van der Waals surface area contributed by atoms with Crippen molar-refractivity contribution in [2.75, 3.05) is 18.0 Å².